The Balaban J connectivity index is 1.53. The Kier molecular flexibility index (Phi) is 5.26. The van der Waals surface area contributed by atoms with Gasteiger partial charge in [0.05, 0.1) is 6.42 Å². The van der Waals surface area contributed by atoms with Crippen molar-refractivity contribution in [2.24, 2.45) is 0 Å². The van der Waals surface area contributed by atoms with Gasteiger partial charge in [-0.3, -0.25) is 9.69 Å². The molecule has 1 fully saturated rings. The van der Waals surface area contributed by atoms with Crippen LogP contribution in [0.25, 0.3) is 0 Å². The van der Waals surface area contributed by atoms with E-state index in [4.69, 9.17) is 0 Å². The predicted molar refractivity (Wildman–Crippen MR) is 93.1 cm³/mol. The fraction of sp³-hybridized carbons (Fsp3) is 0.350. The van der Waals surface area contributed by atoms with Crippen LogP contribution in [0.5, 0.6) is 0 Å². The molecule has 1 aliphatic heterocycles. The zero-order valence-corrected chi connectivity index (χ0v) is 14.0. The summed E-state index contributed by atoms with van der Waals surface area (Å²) >= 11 is 0. The minimum atomic E-state index is -0.269. The molecule has 3 rings (SSSR count). The van der Waals surface area contributed by atoms with Gasteiger partial charge >= 0.3 is 0 Å². The molecule has 0 saturated carbocycles. The van der Waals surface area contributed by atoms with Crippen LogP contribution in [0.3, 0.4) is 0 Å². The maximum atomic E-state index is 12.9. The molecule has 0 aromatic heterocycles. The van der Waals surface area contributed by atoms with E-state index >= 15 is 0 Å². The second-order valence-electron chi connectivity index (χ2n) is 6.31. The number of piperazine rings is 1. The van der Waals surface area contributed by atoms with E-state index < -0.39 is 0 Å². The van der Waals surface area contributed by atoms with E-state index in [-0.39, 0.29) is 11.7 Å². The van der Waals surface area contributed by atoms with Crippen LogP contribution < -0.4 is 0 Å². The number of rotatable bonds is 4. The molecule has 0 aliphatic carbocycles. The van der Waals surface area contributed by atoms with Crippen molar-refractivity contribution in [2.75, 3.05) is 26.2 Å². The molecule has 1 aliphatic rings. The van der Waals surface area contributed by atoms with Crippen molar-refractivity contribution in [1.29, 1.82) is 0 Å². The quantitative estimate of drug-likeness (QED) is 0.861. The van der Waals surface area contributed by atoms with Gasteiger partial charge < -0.3 is 4.90 Å². The van der Waals surface area contributed by atoms with Crippen LogP contribution in [0.4, 0.5) is 4.39 Å². The Hall–Kier alpha value is -2.20. The lowest BCUT2D eigenvalue weighted by atomic mass is 10.1. The van der Waals surface area contributed by atoms with E-state index in [0.717, 1.165) is 31.7 Å². The first-order valence-corrected chi connectivity index (χ1v) is 8.45. The van der Waals surface area contributed by atoms with E-state index in [1.54, 1.807) is 12.1 Å². The second-order valence-corrected chi connectivity index (χ2v) is 6.31. The summed E-state index contributed by atoms with van der Waals surface area (Å²) in [5.74, 6) is -0.150. The normalized spacial score (nSPS) is 16.8. The van der Waals surface area contributed by atoms with Crippen LogP contribution in [-0.2, 0) is 11.2 Å². The molecule has 1 saturated heterocycles. The summed E-state index contributed by atoms with van der Waals surface area (Å²) in [4.78, 5) is 16.7. The maximum absolute atomic E-state index is 12.9. The topological polar surface area (TPSA) is 23.6 Å². The van der Waals surface area contributed by atoms with Crippen LogP contribution >= 0.6 is 0 Å². The van der Waals surface area contributed by atoms with Crippen molar-refractivity contribution in [1.82, 2.24) is 9.80 Å². The first-order chi connectivity index (χ1) is 11.6. The number of halogens is 1. The Morgan fingerprint density at radius 1 is 1.00 bits per heavy atom. The van der Waals surface area contributed by atoms with Crippen LogP contribution in [0.2, 0.25) is 0 Å². The van der Waals surface area contributed by atoms with Gasteiger partial charge in [0.15, 0.2) is 0 Å². The number of nitrogens with zero attached hydrogens (tertiary/aromatic N) is 2. The summed E-state index contributed by atoms with van der Waals surface area (Å²) < 4.78 is 12.9. The molecule has 0 N–H and O–H groups in total. The van der Waals surface area contributed by atoms with E-state index in [9.17, 15) is 9.18 Å². The van der Waals surface area contributed by atoms with E-state index in [0.29, 0.717) is 12.5 Å². The molecule has 1 unspecified atom stereocenters. The molecule has 0 radical (unpaired) electrons. The molecule has 1 amide bonds. The number of carbonyl (C=O) groups excluding carboxylic acids is 1. The first kappa shape index (κ1) is 16.7. The lowest BCUT2D eigenvalue weighted by Gasteiger charge is -2.38. The largest absolute Gasteiger partial charge is 0.340 e. The molecule has 0 bridgehead atoms. The highest BCUT2D eigenvalue weighted by molar-refractivity contribution is 5.78. The average molecular weight is 326 g/mol. The third-order valence-electron chi connectivity index (χ3n) is 4.77. The fourth-order valence-corrected chi connectivity index (χ4v) is 3.19. The highest BCUT2D eigenvalue weighted by Crippen LogP contribution is 2.21. The van der Waals surface area contributed by atoms with Gasteiger partial charge in [0.1, 0.15) is 5.82 Å². The summed E-state index contributed by atoms with van der Waals surface area (Å²) in [7, 11) is 0. The van der Waals surface area contributed by atoms with Gasteiger partial charge in [-0.1, -0.05) is 42.5 Å². The van der Waals surface area contributed by atoms with Crippen molar-refractivity contribution in [3.8, 4) is 0 Å². The lowest BCUT2D eigenvalue weighted by Crippen LogP contribution is -2.49. The molecular weight excluding hydrogens is 303 g/mol. The number of hydrogen-bond acceptors (Lipinski definition) is 2. The van der Waals surface area contributed by atoms with Crippen LogP contribution in [0.15, 0.2) is 54.6 Å². The molecular formula is C20H23FN2O. The molecule has 1 atom stereocenters. The molecule has 4 heteroatoms. The Morgan fingerprint density at radius 2 is 1.62 bits per heavy atom. The number of amides is 1. The average Bonchev–Trinajstić information content (AvgIpc) is 2.64. The molecule has 24 heavy (non-hydrogen) atoms. The van der Waals surface area contributed by atoms with Gasteiger partial charge in [-0.15, -0.1) is 0 Å². The van der Waals surface area contributed by atoms with Gasteiger partial charge in [-0.2, -0.15) is 0 Å². The minimum absolute atomic E-state index is 0.119. The maximum Gasteiger partial charge on any atom is 0.227 e. The van der Waals surface area contributed by atoms with E-state index in [2.05, 4.69) is 36.1 Å². The number of hydrogen-bond donors (Lipinski definition) is 0. The zero-order chi connectivity index (χ0) is 16.9. The summed E-state index contributed by atoms with van der Waals surface area (Å²) in [5.41, 5.74) is 2.17. The van der Waals surface area contributed by atoms with Crippen molar-refractivity contribution >= 4 is 5.91 Å². The summed E-state index contributed by atoms with van der Waals surface area (Å²) in [6.45, 7) is 5.47. The lowest BCUT2D eigenvalue weighted by molar-refractivity contribution is -0.132. The Labute approximate surface area is 142 Å². The zero-order valence-electron chi connectivity index (χ0n) is 14.0. The van der Waals surface area contributed by atoms with Gasteiger partial charge in [-0.05, 0) is 30.2 Å². The van der Waals surface area contributed by atoms with Crippen molar-refractivity contribution < 1.29 is 9.18 Å². The molecule has 2 aromatic carbocycles. The van der Waals surface area contributed by atoms with E-state index in [1.165, 1.54) is 17.7 Å². The van der Waals surface area contributed by atoms with Crippen LogP contribution in [-0.4, -0.2) is 41.9 Å². The number of carbonyl (C=O) groups is 1. The van der Waals surface area contributed by atoms with Crippen LogP contribution in [0.1, 0.15) is 24.1 Å². The molecule has 0 spiro atoms. The SMILES string of the molecule is CC(c1ccccc1)N1CCN(C(=O)Cc2ccc(F)cc2)CC1. The third kappa shape index (κ3) is 4.01. The smallest absolute Gasteiger partial charge is 0.227 e. The van der Waals surface area contributed by atoms with Gasteiger partial charge in [0.25, 0.3) is 0 Å². The van der Waals surface area contributed by atoms with Gasteiger partial charge in [0, 0.05) is 32.2 Å². The first-order valence-electron chi connectivity index (χ1n) is 8.45. The Bertz CT molecular complexity index is 664. The molecule has 3 nitrogen and oxygen atoms in total. The van der Waals surface area contributed by atoms with Crippen LogP contribution in [0, 0.1) is 5.82 Å². The predicted octanol–water partition coefficient (Wildman–Crippen LogP) is 3.27. The highest BCUT2D eigenvalue weighted by Gasteiger charge is 2.24. The highest BCUT2D eigenvalue weighted by atomic mass is 19.1. The van der Waals surface area contributed by atoms with Gasteiger partial charge in [-0.25, -0.2) is 4.39 Å². The summed E-state index contributed by atoms with van der Waals surface area (Å²) in [6, 6.07) is 17.0. The molecule has 2 aromatic rings. The van der Waals surface area contributed by atoms with Gasteiger partial charge in [0.2, 0.25) is 5.91 Å². The van der Waals surface area contributed by atoms with E-state index in [1.807, 2.05) is 11.0 Å². The number of benzene rings is 2. The summed E-state index contributed by atoms with van der Waals surface area (Å²) in [5, 5.41) is 0. The minimum Gasteiger partial charge on any atom is -0.340 e. The van der Waals surface area contributed by atoms with Crippen molar-refractivity contribution in [2.45, 2.75) is 19.4 Å². The molecule has 126 valence electrons. The summed E-state index contributed by atoms with van der Waals surface area (Å²) in [6.07, 6.45) is 0.342. The Morgan fingerprint density at radius 3 is 2.25 bits per heavy atom. The fourth-order valence-electron chi connectivity index (χ4n) is 3.19. The third-order valence-corrected chi connectivity index (χ3v) is 4.77. The monoisotopic (exact) mass is 326 g/mol. The van der Waals surface area contributed by atoms with Crippen molar-refractivity contribution in [3.63, 3.8) is 0 Å². The van der Waals surface area contributed by atoms with Crippen molar-refractivity contribution in [3.05, 3.63) is 71.5 Å². The molecule has 1 heterocycles. The second kappa shape index (κ2) is 7.58. The standard InChI is InChI=1S/C20H23FN2O/c1-16(18-5-3-2-4-6-18)22-11-13-23(14-12-22)20(24)15-17-7-9-19(21)10-8-17/h2-10,16H,11-15H2,1H3.